The zero-order valence-electron chi connectivity index (χ0n) is 13.3. The Morgan fingerprint density at radius 2 is 2.00 bits per heavy atom. The number of rotatable bonds is 4. The van der Waals surface area contributed by atoms with E-state index < -0.39 is 0 Å². The Labute approximate surface area is 146 Å². The summed E-state index contributed by atoms with van der Waals surface area (Å²) in [6.45, 7) is 3.73. The number of aromatic nitrogens is 1. The largest absolute Gasteiger partial charge is 0.397 e. The third-order valence-electron chi connectivity index (χ3n) is 3.99. The fourth-order valence-electron chi connectivity index (χ4n) is 2.70. The van der Waals surface area contributed by atoms with E-state index in [0.29, 0.717) is 22.9 Å². The van der Waals surface area contributed by atoms with E-state index in [4.69, 9.17) is 17.3 Å². The van der Waals surface area contributed by atoms with Gasteiger partial charge in [0.15, 0.2) is 0 Å². The van der Waals surface area contributed by atoms with Crippen molar-refractivity contribution in [3.8, 4) is 0 Å². The van der Waals surface area contributed by atoms with Crippen LogP contribution in [0.15, 0.2) is 42.6 Å². The summed E-state index contributed by atoms with van der Waals surface area (Å²) in [5.74, 6) is 0.932. The molecule has 3 rings (SSSR count). The van der Waals surface area contributed by atoms with Gasteiger partial charge in [0.25, 0.3) is 0 Å². The summed E-state index contributed by atoms with van der Waals surface area (Å²) < 4.78 is 0. The molecule has 1 fully saturated rings. The van der Waals surface area contributed by atoms with Crippen LogP contribution in [0.2, 0.25) is 5.02 Å². The predicted molar refractivity (Wildman–Crippen MR) is 97.4 cm³/mol. The van der Waals surface area contributed by atoms with Crippen molar-refractivity contribution in [2.75, 3.05) is 48.7 Å². The normalized spacial score (nSPS) is 15.3. The first-order chi connectivity index (χ1) is 11.6. The number of hydrogen-bond donors (Lipinski definition) is 2. The Hall–Kier alpha value is -2.31. The topological polar surface area (TPSA) is 74.5 Å². The lowest BCUT2D eigenvalue weighted by molar-refractivity contribution is -0.117. The number of pyridine rings is 1. The van der Waals surface area contributed by atoms with E-state index >= 15 is 0 Å². The molecule has 1 amide bonds. The number of nitrogens with one attached hydrogen (secondary N) is 1. The van der Waals surface area contributed by atoms with Gasteiger partial charge in [-0.1, -0.05) is 17.7 Å². The highest BCUT2D eigenvalue weighted by Gasteiger charge is 2.19. The molecule has 1 aliphatic rings. The lowest BCUT2D eigenvalue weighted by atomic mass is 10.2. The minimum atomic E-state index is -0.0528. The lowest BCUT2D eigenvalue weighted by Gasteiger charge is -2.34. The van der Waals surface area contributed by atoms with E-state index in [2.05, 4.69) is 20.1 Å². The first-order valence-corrected chi connectivity index (χ1v) is 8.23. The first kappa shape index (κ1) is 16.5. The molecule has 24 heavy (non-hydrogen) atoms. The molecule has 0 spiro atoms. The van der Waals surface area contributed by atoms with Gasteiger partial charge in [-0.3, -0.25) is 9.69 Å². The molecule has 126 valence electrons. The molecule has 1 saturated heterocycles. The van der Waals surface area contributed by atoms with Gasteiger partial charge in [0.05, 0.1) is 17.3 Å². The molecular formula is C17H20ClN5O. The molecule has 0 unspecified atom stereocenters. The molecule has 6 nitrogen and oxygen atoms in total. The van der Waals surface area contributed by atoms with Gasteiger partial charge in [-0.05, 0) is 30.3 Å². The van der Waals surface area contributed by atoms with Gasteiger partial charge in [-0.2, -0.15) is 0 Å². The molecule has 0 aliphatic carbocycles. The Balaban J connectivity index is 1.49. The van der Waals surface area contributed by atoms with Crippen molar-refractivity contribution in [1.29, 1.82) is 0 Å². The van der Waals surface area contributed by atoms with Crippen molar-refractivity contribution < 1.29 is 4.79 Å². The number of halogens is 1. The van der Waals surface area contributed by atoms with Crippen molar-refractivity contribution in [2.24, 2.45) is 0 Å². The first-order valence-electron chi connectivity index (χ1n) is 7.85. The molecule has 0 bridgehead atoms. The van der Waals surface area contributed by atoms with E-state index in [1.165, 1.54) is 0 Å². The highest BCUT2D eigenvalue weighted by Crippen LogP contribution is 2.22. The number of nitrogens with zero attached hydrogens (tertiary/aromatic N) is 3. The van der Waals surface area contributed by atoms with E-state index in [0.717, 1.165) is 32.0 Å². The van der Waals surface area contributed by atoms with Crippen molar-refractivity contribution in [3.63, 3.8) is 0 Å². The van der Waals surface area contributed by atoms with E-state index in [9.17, 15) is 4.79 Å². The van der Waals surface area contributed by atoms with Crippen LogP contribution in [0.4, 0.5) is 17.2 Å². The van der Waals surface area contributed by atoms with Crippen LogP contribution < -0.4 is 16.0 Å². The van der Waals surface area contributed by atoms with Crippen LogP contribution in [-0.4, -0.2) is 48.5 Å². The summed E-state index contributed by atoms with van der Waals surface area (Å²) >= 11 is 5.88. The Bertz CT molecular complexity index is 701. The van der Waals surface area contributed by atoms with Gasteiger partial charge in [0.1, 0.15) is 5.82 Å². The number of carbonyl (C=O) groups is 1. The zero-order chi connectivity index (χ0) is 16.9. The number of nitrogens with two attached hydrogens (primary N) is 1. The minimum Gasteiger partial charge on any atom is -0.397 e. The van der Waals surface area contributed by atoms with E-state index in [1.807, 2.05) is 18.2 Å². The maximum atomic E-state index is 12.2. The number of nitrogen functional groups attached to an aromatic ring is 1. The van der Waals surface area contributed by atoms with Crippen molar-refractivity contribution >= 4 is 34.7 Å². The van der Waals surface area contributed by atoms with Gasteiger partial charge < -0.3 is 16.0 Å². The van der Waals surface area contributed by atoms with Crippen LogP contribution in [0.25, 0.3) is 0 Å². The lowest BCUT2D eigenvalue weighted by Crippen LogP contribution is -2.48. The molecule has 0 saturated carbocycles. The number of carbonyl (C=O) groups excluding carboxylic acids is 1. The number of benzene rings is 1. The van der Waals surface area contributed by atoms with Gasteiger partial charge >= 0.3 is 0 Å². The molecular weight excluding hydrogens is 326 g/mol. The van der Waals surface area contributed by atoms with E-state index in [1.54, 1.807) is 24.4 Å². The van der Waals surface area contributed by atoms with Gasteiger partial charge in [-0.15, -0.1) is 0 Å². The average molecular weight is 346 g/mol. The Morgan fingerprint density at radius 1 is 1.21 bits per heavy atom. The smallest absolute Gasteiger partial charge is 0.238 e. The second-order valence-electron chi connectivity index (χ2n) is 5.74. The van der Waals surface area contributed by atoms with Crippen molar-refractivity contribution in [2.45, 2.75) is 0 Å². The summed E-state index contributed by atoms with van der Waals surface area (Å²) in [5.41, 5.74) is 6.86. The predicted octanol–water partition coefficient (Wildman–Crippen LogP) is 2.08. The van der Waals surface area contributed by atoms with Crippen molar-refractivity contribution in [3.05, 3.63) is 47.6 Å². The molecule has 2 heterocycles. The molecule has 0 radical (unpaired) electrons. The number of anilines is 3. The molecule has 7 heteroatoms. The summed E-state index contributed by atoms with van der Waals surface area (Å²) in [4.78, 5) is 20.9. The molecule has 3 N–H and O–H groups in total. The molecule has 1 aliphatic heterocycles. The highest BCUT2D eigenvalue weighted by atomic mass is 35.5. The summed E-state index contributed by atoms with van der Waals surface area (Å²) in [6.07, 6.45) is 1.80. The maximum Gasteiger partial charge on any atom is 0.238 e. The third kappa shape index (κ3) is 4.15. The Morgan fingerprint density at radius 3 is 2.67 bits per heavy atom. The Kier molecular flexibility index (Phi) is 5.17. The summed E-state index contributed by atoms with van der Waals surface area (Å²) in [7, 11) is 0. The highest BCUT2D eigenvalue weighted by molar-refractivity contribution is 6.33. The van der Waals surface area contributed by atoms with Crippen LogP contribution in [0.1, 0.15) is 0 Å². The van der Waals surface area contributed by atoms with Gasteiger partial charge in [0.2, 0.25) is 5.91 Å². The standard InChI is InChI=1S/C17H20ClN5O/c18-14-5-4-13(11-15(14)19)21-17(24)12-22-7-9-23(10-8-22)16-3-1-2-6-20-16/h1-6,11H,7-10,12,19H2,(H,21,24). The van der Waals surface area contributed by atoms with Crippen LogP contribution in [0, 0.1) is 0 Å². The SMILES string of the molecule is Nc1cc(NC(=O)CN2CCN(c3ccccn3)CC2)ccc1Cl. The number of amides is 1. The van der Waals surface area contributed by atoms with E-state index in [-0.39, 0.29) is 5.91 Å². The van der Waals surface area contributed by atoms with Gasteiger partial charge in [-0.25, -0.2) is 4.98 Å². The van der Waals surface area contributed by atoms with Crippen LogP contribution in [0.3, 0.4) is 0 Å². The van der Waals surface area contributed by atoms with Crippen LogP contribution >= 0.6 is 11.6 Å². The zero-order valence-corrected chi connectivity index (χ0v) is 14.0. The molecule has 0 atom stereocenters. The minimum absolute atomic E-state index is 0.0528. The number of piperazine rings is 1. The average Bonchev–Trinajstić information content (AvgIpc) is 2.59. The monoisotopic (exact) mass is 345 g/mol. The van der Waals surface area contributed by atoms with Crippen LogP contribution in [0.5, 0.6) is 0 Å². The van der Waals surface area contributed by atoms with Crippen molar-refractivity contribution in [1.82, 2.24) is 9.88 Å². The van der Waals surface area contributed by atoms with Crippen LogP contribution in [-0.2, 0) is 4.79 Å². The fraction of sp³-hybridized carbons (Fsp3) is 0.294. The fourth-order valence-corrected chi connectivity index (χ4v) is 2.82. The van der Waals surface area contributed by atoms with Gasteiger partial charge in [0, 0.05) is 38.1 Å². The third-order valence-corrected chi connectivity index (χ3v) is 4.34. The second-order valence-corrected chi connectivity index (χ2v) is 6.14. The molecule has 2 aromatic rings. The molecule has 1 aromatic heterocycles. The second kappa shape index (κ2) is 7.51. The molecule has 1 aromatic carbocycles. The quantitative estimate of drug-likeness (QED) is 0.830. The maximum absolute atomic E-state index is 12.2. The number of hydrogen-bond acceptors (Lipinski definition) is 5. The summed E-state index contributed by atoms with van der Waals surface area (Å²) in [5, 5.41) is 3.34. The summed E-state index contributed by atoms with van der Waals surface area (Å²) in [6, 6.07) is 11.0.